The predicted octanol–water partition coefficient (Wildman–Crippen LogP) is 3.99. The second kappa shape index (κ2) is 6.10. The summed E-state index contributed by atoms with van der Waals surface area (Å²) in [6.45, 7) is 1.97. The highest BCUT2D eigenvalue weighted by molar-refractivity contribution is 6.24. The Bertz CT molecular complexity index is 293. The molecule has 1 nitrogen and oxygen atoms in total. The molecule has 1 aliphatic rings. The standard InChI is InChI=1S/C14H20BO/c1-15-16-14(12-8-4-2-5-9-12)13-10-6-3-7-11-13/h2,4-5,8-9,13-14H,3,6-7,10-11H2,1H3. The van der Waals surface area contributed by atoms with Gasteiger partial charge in [0.1, 0.15) is 0 Å². The van der Waals surface area contributed by atoms with E-state index >= 15 is 0 Å². The van der Waals surface area contributed by atoms with E-state index in [9.17, 15) is 0 Å². The summed E-state index contributed by atoms with van der Waals surface area (Å²) in [5, 5.41) is 0. The third kappa shape index (κ3) is 2.88. The zero-order valence-corrected chi connectivity index (χ0v) is 10.1. The van der Waals surface area contributed by atoms with Crippen LogP contribution in [0.15, 0.2) is 30.3 Å². The van der Waals surface area contributed by atoms with E-state index in [1.54, 1.807) is 0 Å². The number of benzene rings is 1. The van der Waals surface area contributed by atoms with Crippen molar-refractivity contribution < 1.29 is 4.65 Å². The van der Waals surface area contributed by atoms with Crippen LogP contribution in [0.5, 0.6) is 0 Å². The fraction of sp³-hybridized carbons (Fsp3) is 0.571. The van der Waals surface area contributed by atoms with Crippen LogP contribution >= 0.6 is 0 Å². The summed E-state index contributed by atoms with van der Waals surface area (Å²) < 4.78 is 5.84. The maximum absolute atomic E-state index is 5.84. The van der Waals surface area contributed by atoms with Gasteiger partial charge in [-0.3, -0.25) is 0 Å². The summed E-state index contributed by atoms with van der Waals surface area (Å²) in [5.74, 6) is 0.701. The number of hydrogen-bond donors (Lipinski definition) is 0. The van der Waals surface area contributed by atoms with Gasteiger partial charge in [-0.05, 0) is 24.3 Å². The lowest BCUT2D eigenvalue weighted by molar-refractivity contribution is 0.114. The van der Waals surface area contributed by atoms with Crippen molar-refractivity contribution in [2.45, 2.75) is 45.0 Å². The second-order valence-electron chi connectivity index (χ2n) is 4.60. The lowest BCUT2D eigenvalue weighted by Gasteiger charge is -2.30. The van der Waals surface area contributed by atoms with Gasteiger partial charge < -0.3 is 4.65 Å². The van der Waals surface area contributed by atoms with Crippen molar-refractivity contribution in [2.24, 2.45) is 5.92 Å². The molecule has 0 N–H and O–H groups in total. The van der Waals surface area contributed by atoms with Crippen molar-refractivity contribution in [3.8, 4) is 0 Å². The van der Waals surface area contributed by atoms with Gasteiger partial charge in [0.05, 0.1) is 6.10 Å². The molecule has 2 heteroatoms. The molecule has 0 spiro atoms. The van der Waals surface area contributed by atoms with E-state index in [0.29, 0.717) is 5.92 Å². The fourth-order valence-electron chi connectivity index (χ4n) is 2.69. The molecule has 1 aromatic rings. The van der Waals surface area contributed by atoms with Crippen LogP contribution in [0.25, 0.3) is 0 Å². The summed E-state index contributed by atoms with van der Waals surface area (Å²) in [6, 6.07) is 10.6. The van der Waals surface area contributed by atoms with Crippen LogP contribution in [0.3, 0.4) is 0 Å². The van der Waals surface area contributed by atoms with Crippen molar-refractivity contribution >= 4 is 7.48 Å². The first-order valence-corrected chi connectivity index (χ1v) is 6.40. The Morgan fingerprint density at radius 2 is 1.81 bits per heavy atom. The molecule has 0 aromatic heterocycles. The summed E-state index contributed by atoms with van der Waals surface area (Å²) in [5.41, 5.74) is 1.33. The molecule has 0 aliphatic heterocycles. The van der Waals surface area contributed by atoms with Crippen LogP contribution in [-0.2, 0) is 4.65 Å². The van der Waals surface area contributed by atoms with Gasteiger partial charge in [0, 0.05) is 0 Å². The van der Waals surface area contributed by atoms with E-state index < -0.39 is 0 Å². The highest BCUT2D eigenvalue weighted by Gasteiger charge is 2.24. The topological polar surface area (TPSA) is 9.23 Å². The average Bonchev–Trinajstić information content (AvgIpc) is 2.38. The molecular formula is C14H20BO. The minimum Gasteiger partial charge on any atom is -0.434 e. The van der Waals surface area contributed by atoms with Crippen molar-refractivity contribution in [1.29, 1.82) is 0 Å². The molecule has 0 saturated heterocycles. The maximum Gasteiger partial charge on any atom is 0.289 e. The van der Waals surface area contributed by atoms with E-state index in [0.717, 1.165) is 0 Å². The van der Waals surface area contributed by atoms with E-state index in [1.165, 1.54) is 37.7 Å². The van der Waals surface area contributed by atoms with Crippen LogP contribution in [0.2, 0.25) is 6.82 Å². The molecule has 1 atom stereocenters. The SMILES string of the molecule is C[B]OC(c1ccccc1)C1CCCCC1. The molecule has 2 rings (SSSR count). The molecule has 1 aliphatic carbocycles. The molecule has 1 unspecified atom stereocenters. The first-order valence-electron chi connectivity index (χ1n) is 6.40. The van der Waals surface area contributed by atoms with E-state index in [2.05, 4.69) is 30.3 Å². The van der Waals surface area contributed by atoms with E-state index in [4.69, 9.17) is 4.65 Å². The van der Waals surface area contributed by atoms with Crippen LogP contribution in [0.1, 0.15) is 43.8 Å². The van der Waals surface area contributed by atoms with Crippen molar-refractivity contribution in [3.63, 3.8) is 0 Å². The molecule has 0 heterocycles. The second-order valence-corrected chi connectivity index (χ2v) is 4.60. The molecule has 85 valence electrons. The Balaban J connectivity index is 2.09. The third-order valence-corrected chi connectivity index (χ3v) is 3.49. The van der Waals surface area contributed by atoms with Crippen LogP contribution in [0.4, 0.5) is 0 Å². The first kappa shape index (κ1) is 11.7. The van der Waals surface area contributed by atoms with Crippen molar-refractivity contribution in [2.75, 3.05) is 0 Å². The smallest absolute Gasteiger partial charge is 0.289 e. The van der Waals surface area contributed by atoms with Crippen LogP contribution < -0.4 is 0 Å². The van der Waals surface area contributed by atoms with Gasteiger partial charge in [-0.25, -0.2) is 0 Å². The molecule has 16 heavy (non-hydrogen) atoms. The highest BCUT2D eigenvalue weighted by Crippen LogP contribution is 2.36. The van der Waals surface area contributed by atoms with E-state index in [-0.39, 0.29) is 6.10 Å². The van der Waals surface area contributed by atoms with Gasteiger partial charge in [-0.2, -0.15) is 0 Å². The Hall–Kier alpha value is -0.755. The lowest BCUT2D eigenvalue weighted by atomic mass is 9.82. The molecule has 1 radical (unpaired) electrons. The zero-order valence-electron chi connectivity index (χ0n) is 10.1. The summed E-state index contributed by atoms with van der Waals surface area (Å²) >= 11 is 0. The summed E-state index contributed by atoms with van der Waals surface area (Å²) in [6.07, 6.45) is 7.02. The van der Waals surface area contributed by atoms with Crippen LogP contribution in [-0.4, -0.2) is 7.48 Å². The van der Waals surface area contributed by atoms with Gasteiger partial charge in [0.25, 0.3) is 7.48 Å². The van der Waals surface area contributed by atoms with Gasteiger partial charge in [-0.15, -0.1) is 0 Å². The van der Waals surface area contributed by atoms with E-state index in [1.807, 2.05) is 14.3 Å². The monoisotopic (exact) mass is 215 g/mol. The molecule has 0 amide bonds. The fourth-order valence-corrected chi connectivity index (χ4v) is 2.69. The van der Waals surface area contributed by atoms with Crippen molar-refractivity contribution in [3.05, 3.63) is 35.9 Å². The Morgan fingerprint density at radius 3 is 2.44 bits per heavy atom. The normalized spacial score (nSPS) is 19.3. The van der Waals surface area contributed by atoms with Gasteiger partial charge >= 0.3 is 0 Å². The molecule has 1 fully saturated rings. The average molecular weight is 215 g/mol. The quantitative estimate of drug-likeness (QED) is 0.690. The van der Waals surface area contributed by atoms with Gasteiger partial charge in [0.15, 0.2) is 0 Å². The highest BCUT2D eigenvalue weighted by atomic mass is 16.4. The maximum atomic E-state index is 5.84. The third-order valence-electron chi connectivity index (χ3n) is 3.49. The first-order chi connectivity index (χ1) is 7.92. The minimum atomic E-state index is 0.270. The van der Waals surface area contributed by atoms with Crippen LogP contribution in [0, 0.1) is 5.92 Å². The zero-order chi connectivity index (χ0) is 11.2. The summed E-state index contributed by atoms with van der Waals surface area (Å²) in [4.78, 5) is 0. The predicted molar refractivity (Wildman–Crippen MR) is 68.5 cm³/mol. The Kier molecular flexibility index (Phi) is 4.47. The minimum absolute atomic E-state index is 0.270. The largest absolute Gasteiger partial charge is 0.434 e. The van der Waals surface area contributed by atoms with Gasteiger partial charge in [0.2, 0.25) is 0 Å². The van der Waals surface area contributed by atoms with Crippen molar-refractivity contribution in [1.82, 2.24) is 0 Å². The molecule has 1 saturated carbocycles. The Labute approximate surface area is 99.5 Å². The molecule has 1 aromatic carbocycles. The molecular weight excluding hydrogens is 195 g/mol. The number of rotatable bonds is 4. The van der Waals surface area contributed by atoms with Gasteiger partial charge in [-0.1, -0.05) is 56.4 Å². The summed E-state index contributed by atoms with van der Waals surface area (Å²) in [7, 11) is 1.84. The number of hydrogen-bond acceptors (Lipinski definition) is 1. The molecule has 0 bridgehead atoms. The lowest BCUT2D eigenvalue weighted by Crippen LogP contribution is -2.19. The Morgan fingerprint density at radius 1 is 1.12 bits per heavy atom.